The lowest BCUT2D eigenvalue weighted by molar-refractivity contribution is 0.0984. The molecule has 3 aromatic rings. The summed E-state index contributed by atoms with van der Waals surface area (Å²) in [7, 11) is 3.24. The molecule has 2 aliphatic rings. The van der Waals surface area contributed by atoms with Gasteiger partial charge in [0.15, 0.2) is 0 Å². The normalized spacial score (nSPS) is 16.4. The van der Waals surface area contributed by atoms with Crippen molar-refractivity contribution in [2.75, 3.05) is 25.7 Å². The number of fused-ring (bicyclic) bond motifs is 2. The Bertz CT molecular complexity index is 1120. The van der Waals surface area contributed by atoms with E-state index in [4.69, 9.17) is 9.47 Å². The van der Waals surface area contributed by atoms with Gasteiger partial charge in [-0.25, -0.2) is 4.98 Å². The molecule has 0 saturated heterocycles. The van der Waals surface area contributed by atoms with Crippen LogP contribution in [0.2, 0.25) is 0 Å². The monoisotopic (exact) mass is 414 g/mol. The van der Waals surface area contributed by atoms with E-state index in [0.29, 0.717) is 11.4 Å². The van der Waals surface area contributed by atoms with Crippen LogP contribution in [0.3, 0.4) is 0 Å². The fraction of sp³-hybridized carbons (Fsp3) is 0.308. The first-order valence-corrected chi connectivity index (χ1v) is 10.7. The predicted octanol–water partition coefficient (Wildman–Crippen LogP) is 5.24. The van der Waals surface area contributed by atoms with E-state index < -0.39 is 0 Å². The molecule has 1 spiro atoms. The molecule has 2 aromatic carbocycles. The molecule has 1 amide bonds. The standard InChI is InChI=1S/C26H26N2O3/c1-30-21-8-5-18(6-9-21)19-7-10-23-22(15-19)26(12-3-4-13-26)17-28(23)25(29)20-11-14-27-24(16-20)31-2/h5-11,14-16H,3-4,12-13,17H2,1-2H3. The summed E-state index contributed by atoms with van der Waals surface area (Å²) in [4.78, 5) is 19.6. The molecule has 2 heterocycles. The van der Waals surface area contributed by atoms with Crippen LogP contribution in [-0.4, -0.2) is 31.7 Å². The first-order valence-electron chi connectivity index (χ1n) is 10.7. The number of nitrogens with zero attached hydrogens (tertiary/aromatic N) is 2. The van der Waals surface area contributed by atoms with E-state index in [1.807, 2.05) is 17.0 Å². The smallest absolute Gasteiger partial charge is 0.258 e. The quantitative estimate of drug-likeness (QED) is 0.586. The number of anilines is 1. The van der Waals surface area contributed by atoms with Gasteiger partial charge in [-0.1, -0.05) is 31.0 Å². The highest BCUT2D eigenvalue weighted by atomic mass is 16.5. The zero-order chi connectivity index (χ0) is 21.4. The molecule has 0 bridgehead atoms. The van der Waals surface area contributed by atoms with Crippen LogP contribution >= 0.6 is 0 Å². The maximum Gasteiger partial charge on any atom is 0.258 e. The average Bonchev–Trinajstić information content (AvgIpc) is 3.44. The van der Waals surface area contributed by atoms with Crippen molar-refractivity contribution in [2.24, 2.45) is 0 Å². The van der Waals surface area contributed by atoms with Crippen molar-refractivity contribution in [1.29, 1.82) is 0 Å². The number of carbonyl (C=O) groups is 1. The zero-order valence-corrected chi connectivity index (χ0v) is 17.9. The summed E-state index contributed by atoms with van der Waals surface area (Å²) in [6, 6.07) is 18.1. The third kappa shape index (κ3) is 3.34. The van der Waals surface area contributed by atoms with Crippen LogP contribution in [0, 0.1) is 0 Å². The second kappa shape index (κ2) is 7.73. The van der Waals surface area contributed by atoms with Gasteiger partial charge in [-0.3, -0.25) is 4.79 Å². The van der Waals surface area contributed by atoms with Crippen molar-refractivity contribution < 1.29 is 14.3 Å². The van der Waals surface area contributed by atoms with Crippen LogP contribution in [0.4, 0.5) is 5.69 Å². The summed E-state index contributed by atoms with van der Waals surface area (Å²) >= 11 is 0. The van der Waals surface area contributed by atoms with Gasteiger partial charge in [-0.2, -0.15) is 0 Å². The Morgan fingerprint density at radius 3 is 2.39 bits per heavy atom. The molecule has 1 aromatic heterocycles. The molecule has 1 fully saturated rings. The Labute approximate surface area is 182 Å². The molecule has 31 heavy (non-hydrogen) atoms. The molecule has 5 nitrogen and oxygen atoms in total. The molecule has 0 unspecified atom stereocenters. The predicted molar refractivity (Wildman–Crippen MR) is 121 cm³/mol. The molecule has 0 radical (unpaired) electrons. The number of benzene rings is 2. The van der Waals surface area contributed by atoms with E-state index in [1.165, 1.54) is 24.0 Å². The first kappa shape index (κ1) is 19.6. The zero-order valence-electron chi connectivity index (χ0n) is 17.9. The molecule has 1 aliphatic heterocycles. The summed E-state index contributed by atoms with van der Waals surface area (Å²) in [5, 5.41) is 0. The van der Waals surface area contributed by atoms with Crippen molar-refractivity contribution in [2.45, 2.75) is 31.1 Å². The van der Waals surface area contributed by atoms with E-state index in [2.05, 4.69) is 35.3 Å². The third-order valence-electron chi connectivity index (χ3n) is 6.74. The van der Waals surface area contributed by atoms with Gasteiger partial charge in [-0.15, -0.1) is 0 Å². The first-order chi connectivity index (χ1) is 15.1. The number of rotatable bonds is 4. The van der Waals surface area contributed by atoms with E-state index in [1.54, 1.807) is 32.5 Å². The lowest BCUT2D eigenvalue weighted by atomic mass is 9.80. The lowest BCUT2D eigenvalue weighted by Crippen LogP contribution is -2.35. The Kier molecular flexibility index (Phi) is 4.89. The van der Waals surface area contributed by atoms with Gasteiger partial charge in [0.05, 0.1) is 14.2 Å². The van der Waals surface area contributed by atoms with Gasteiger partial charge in [0.2, 0.25) is 5.88 Å². The Morgan fingerprint density at radius 1 is 0.935 bits per heavy atom. The summed E-state index contributed by atoms with van der Waals surface area (Å²) in [6.07, 6.45) is 6.28. The summed E-state index contributed by atoms with van der Waals surface area (Å²) in [5.74, 6) is 1.31. The number of aromatic nitrogens is 1. The highest BCUT2D eigenvalue weighted by Crippen LogP contribution is 2.51. The van der Waals surface area contributed by atoms with Gasteiger partial charge < -0.3 is 14.4 Å². The highest BCUT2D eigenvalue weighted by Gasteiger charge is 2.46. The molecule has 1 saturated carbocycles. The SMILES string of the molecule is COc1ccc(-c2ccc3c(c2)C2(CCCC2)CN3C(=O)c2ccnc(OC)c2)cc1. The van der Waals surface area contributed by atoms with E-state index >= 15 is 0 Å². The largest absolute Gasteiger partial charge is 0.497 e. The number of hydrogen-bond acceptors (Lipinski definition) is 4. The van der Waals surface area contributed by atoms with Gasteiger partial charge in [0.25, 0.3) is 5.91 Å². The van der Waals surface area contributed by atoms with Crippen LogP contribution in [0.15, 0.2) is 60.8 Å². The van der Waals surface area contributed by atoms with Crippen molar-refractivity contribution in [3.8, 4) is 22.8 Å². The molecule has 5 rings (SSSR count). The molecule has 158 valence electrons. The van der Waals surface area contributed by atoms with Crippen molar-refractivity contribution in [3.05, 3.63) is 71.9 Å². The van der Waals surface area contributed by atoms with Crippen molar-refractivity contribution in [1.82, 2.24) is 4.98 Å². The third-order valence-corrected chi connectivity index (χ3v) is 6.74. The molecule has 0 atom stereocenters. The summed E-state index contributed by atoms with van der Waals surface area (Å²) in [6.45, 7) is 0.734. The molecule has 1 aliphatic carbocycles. The Balaban J connectivity index is 1.55. The lowest BCUT2D eigenvalue weighted by Gasteiger charge is -2.25. The Morgan fingerprint density at radius 2 is 1.68 bits per heavy atom. The van der Waals surface area contributed by atoms with Gasteiger partial charge in [0.1, 0.15) is 5.75 Å². The van der Waals surface area contributed by atoms with Crippen LogP contribution in [0.1, 0.15) is 41.6 Å². The fourth-order valence-electron chi connectivity index (χ4n) is 5.10. The minimum Gasteiger partial charge on any atom is -0.497 e. The van der Waals surface area contributed by atoms with Crippen molar-refractivity contribution in [3.63, 3.8) is 0 Å². The topological polar surface area (TPSA) is 51.7 Å². The minimum absolute atomic E-state index is 0.00271. The number of ether oxygens (including phenoxy) is 2. The Hall–Kier alpha value is -3.34. The van der Waals surface area contributed by atoms with E-state index in [9.17, 15) is 4.79 Å². The number of pyridine rings is 1. The number of amides is 1. The van der Waals surface area contributed by atoms with Gasteiger partial charge in [0, 0.05) is 35.5 Å². The molecular weight excluding hydrogens is 388 g/mol. The number of carbonyl (C=O) groups excluding carboxylic acids is 1. The second-order valence-electron chi connectivity index (χ2n) is 8.43. The van der Waals surface area contributed by atoms with Gasteiger partial charge in [-0.05, 0) is 59.9 Å². The van der Waals surface area contributed by atoms with Gasteiger partial charge >= 0.3 is 0 Å². The molecule has 0 N–H and O–H groups in total. The minimum atomic E-state index is 0.00271. The number of methoxy groups -OCH3 is 2. The maximum atomic E-state index is 13.5. The van der Waals surface area contributed by atoms with Crippen LogP contribution in [-0.2, 0) is 5.41 Å². The van der Waals surface area contributed by atoms with Crippen LogP contribution < -0.4 is 14.4 Å². The van der Waals surface area contributed by atoms with E-state index in [0.717, 1.165) is 36.4 Å². The average molecular weight is 415 g/mol. The summed E-state index contributed by atoms with van der Waals surface area (Å²) < 4.78 is 10.5. The van der Waals surface area contributed by atoms with Crippen molar-refractivity contribution >= 4 is 11.6 Å². The molecule has 5 heteroatoms. The van der Waals surface area contributed by atoms with Crippen LogP contribution in [0.25, 0.3) is 11.1 Å². The second-order valence-corrected chi connectivity index (χ2v) is 8.43. The summed E-state index contributed by atoms with van der Waals surface area (Å²) in [5.41, 5.74) is 5.30. The molecular formula is C26H26N2O3. The highest BCUT2D eigenvalue weighted by molar-refractivity contribution is 6.08. The van der Waals surface area contributed by atoms with Crippen LogP contribution in [0.5, 0.6) is 11.6 Å². The fourth-order valence-corrected chi connectivity index (χ4v) is 5.10. The van der Waals surface area contributed by atoms with E-state index in [-0.39, 0.29) is 11.3 Å². The maximum absolute atomic E-state index is 13.5. The number of hydrogen-bond donors (Lipinski definition) is 0.